The Morgan fingerprint density at radius 3 is 2.66 bits per heavy atom. The molecule has 3 aliphatic rings. The fraction of sp³-hybridized carbons (Fsp3) is 0.458. The fourth-order valence-electron chi connectivity index (χ4n) is 4.82. The summed E-state index contributed by atoms with van der Waals surface area (Å²) < 4.78 is 17.2. The molecule has 3 N–H and O–H groups in total. The number of fused-ring (bicyclic) bond motifs is 2. The van der Waals surface area contributed by atoms with Crippen LogP contribution in [0.4, 0.5) is 0 Å². The number of aromatic nitrogens is 2. The molecule has 6 rings (SSSR count). The number of hydrogen-bond acceptors (Lipinski definition) is 6. The smallest absolute Gasteiger partial charge is 0.115 e. The van der Waals surface area contributed by atoms with Gasteiger partial charge in [-0.15, -0.1) is 0 Å². The first kappa shape index (κ1) is 20.6. The SMILES string of the molecule is OCC1(c2ccc(-c3nc4cc(COC5COC6C(O)COC56)[nH]c4cc3Cl)cc2)CC1. The van der Waals surface area contributed by atoms with Gasteiger partial charge in [-0.1, -0.05) is 35.9 Å². The quantitative estimate of drug-likeness (QED) is 0.527. The van der Waals surface area contributed by atoms with Crippen molar-refractivity contribution in [3.63, 3.8) is 0 Å². The van der Waals surface area contributed by atoms with E-state index in [1.165, 1.54) is 5.56 Å². The maximum absolute atomic E-state index is 9.87. The molecule has 8 heteroatoms. The molecule has 7 nitrogen and oxygen atoms in total. The first-order valence-corrected chi connectivity index (χ1v) is 11.4. The Bertz CT molecular complexity index is 1140. The zero-order chi connectivity index (χ0) is 21.9. The average Bonchev–Trinajstić information content (AvgIpc) is 3.14. The lowest BCUT2D eigenvalue weighted by Crippen LogP contribution is -2.32. The van der Waals surface area contributed by atoms with Gasteiger partial charge in [0.1, 0.15) is 24.4 Å². The minimum Gasteiger partial charge on any atom is -0.395 e. The predicted octanol–water partition coefficient (Wildman–Crippen LogP) is 2.95. The summed E-state index contributed by atoms with van der Waals surface area (Å²) in [4.78, 5) is 8.11. The van der Waals surface area contributed by atoms with Gasteiger partial charge in [-0.05, 0) is 30.5 Å². The van der Waals surface area contributed by atoms with Crippen molar-refractivity contribution in [1.82, 2.24) is 9.97 Å². The number of H-pyrrole nitrogens is 1. The standard InChI is InChI=1S/C24H25ClN2O5/c25-16-8-18-17(27-21(16)13-1-3-14(4-2-13)24(12-28)5-6-24)7-15(26-18)9-30-20-11-32-22-19(29)10-31-23(20)22/h1-4,7-8,19-20,22-23,26,28-29H,5-6,9-12H2. The lowest BCUT2D eigenvalue weighted by molar-refractivity contribution is -0.0446. The van der Waals surface area contributed by atoms with Crippen molar-refractivity contribution >= 4 is 22.6 Å². The van der Waals surface area contributed by atoms with Gasteiger partial charge < -0.3 is 29.4 Å². The van der Waals surface area contributed by atoms with E-state index in [1.54, 1.807) is 0 Å². The van der Waals surface area contributed by atoms with Crippen LogP contribution >= 0.6 is 11.6 Å². The van der Waals surface area contributed by atoms with Crippen molar-refractivity contribution in [2.45, 2.75) is 49.3 Å². The van der Waals surface area contributed by atoms with E-state index in [0.29, 0.717) is 18.2 Å². The summed E-state index contributed by atoms with van der Waals surface area (Å²) in [6, 6.07) is 12.0. The van der Waals surface area contributed by atoms with E-state index >= 15 is 0 Å². The molecule has 2 saturated heterocycles. The number of nitrogens with zero attached hydrogens (tertiary/aromatic N) is 1. The molecular formula is C24H25ClN2O5. The van der Waals surface area contributed by atoms with Gasteiger partial charge in [-0.3, -0.25) is 0 Å². The second-order valence-corrected chi connectivity index (χ2v) is 9.48. The van der Waals surface area contributed by atoms with Crippen LogP contribution in [0.3, 0.4) is 0 Å². The summed E-state index contributed by atoms with van der Waals surface area (Å²) in [6.45, 7) is 1.24. The number of aliphatic hydroxyl groups is 2. The van der Waals surface area contributed by atoms with Crippen LogP contribution in [0.5, 0.6) is 0 Å². The summed E-state index contributed by atoms with van der Waals surface area (Å²) >= 11 is 6.56. The minimum absolute atomic E-state index is 0.0543. The summed E-state index contributed by atoms with van der Waals surface area (Å²) in [5.74, 6) is 0. The van der Waals surface area contributed by atoms with E-state index < -0.39 is 6.10 Å². The van der Waals surface area contributed by atoms with Gasteiger partial charge in [0.05, 0.1) is 48.2 Å². The van der Waals surface area contributed by atoms with Crippen LogP contribution in [0, 0.1) is 0 Å². The van der Waals surface area contributed by atoms with Crippen molar-refractivity contribution in [3.05, 3.63) is 52.7 Å². The first-order valence-electron chi connectivity index (χ1n) is 11.0. The molecule has 4 heterocycles. The maximum Gasteiger partial charge on any atom is 0.115 e. The second-order valence-electron chi connectivity index (χ2n) is 9.07. The number of halogens is 1. The molecule has 0 radical (unpaired) electrons. The van der Waals surface area contributed by atoms with Gasteiger partial charge in [-0.25, -0.2) is 4.98 Å². The Labute approximate surface area is 190 Å². The number of benzene rings is 1. The maximum atomic E-state index is 9.87. The van der Waals surface area contributed by atoms with Crippen LogP contribution < -0.4 is 0 Å². The highest BCUT2D eigenvalue weighted by Gasteiger charge is 2.47. The summed E-state index contributed by atoms with van der Waals surface area (Å²) in [5, 5.41) is 20.1. The van der Waals surface area contributed by atoms with Gasteiger partial charge in [-0.2, -0.15) is 0 Å². The average molecular weight is 457 g/mol. The summed E-state index contributed by atoms with van der Waals surface area (Å²) in [5.41, 5.74) is 5.33. The zero-order valence-corrected chi connectivity index (χ0v) is 18.2. The van der Waals surface area contributed by atoms with Crippen molar-refractivity contribution in [2.75, 3.05) is 19.8 Å². The van der Waals surface area contributed by atoms with Gasteiger partial charge in [0.15, 0.2) is 0 Å². The molecule has 168 valence electrons. The number of aromatic amines is 1. The largest absolute Gasteiger partial charge is 0.395 e. The van der Waals surface area contributed by atoms with E-state index in [4.69, 9.17) is 30.8 Å². The third-order valence-corrected chi connectivity index (χ3v) is 7.26. The molecule has 3 fully saturated rings. The molecule has 2 aliphatic heterocycles. The molecule has 0 amide bonds. The third-order valence-electron chi connectivity index (χ3n) is 6.97. The molecule has 1 saturated carbocycles. The molecule has 32 heavy (non-hydrogen) atoms. The minimum atomic E-state index is -0.584. The number of rotatable bonds is 6. The van der Waals surface area contributed by atoms with E-state index in [1.807, 2.05) is 24.3 Å². The van der Waals surface area contributed by atoms with Gasteiger partial charge >= 0.3 is 0 Å². The third kappa shape index (κ3) is 3.44. The van der Waals surface area contributed by atoms with Crippen molar-refractivity contribution in [1.29, 1.82) is 0 Å². The fourth-order valence-corrected chi connectivity index (χ4v) is 5.08. The summed E-state index contributed by atoms with van der Waals surface area (Å²) in [7, 11) is 0. The molecule has 1 aliphatic carbocycles. The number of nitrogens with one attached hydrogen (secondary N) is 1. The topological polar surface area (TPSA) is 96.8 Å². The van der Waals surface area contributed by atoms with Crippen molar-refractivity contribution in [2.24, 2.45) is 0 Å². The van der Waals surface area contributed by atoms with Crippen molar-refractivity contribution < 1.29 is 24.4 Å². The Morgan fingerprint density at radius 2 is 1.91 bits per heavy atom. The molecule has 1 aromatic carbocycles. The highest BCUT2D eigenvalue weighted by Crippen LogP contribution is 2.48. The van der Waals surface area contributed by atoms with Crippen LogP contribution in [0.1, 0.15) is 24.1 Å². The monoisotopic (exact) mass is 456 g/mol. The number of hydrogen-bond donors (Lipinski definition) is 3. The molecule has 4 unspecified atom stereocenters. The molecule has 4 atom stereocenters. The van der Waals surface area contributed by atoms with E-state index in [9.17, 15) is 10.2 Å². The van der Waals surface area contributed by atoms with Gasteiger partial charge in [0.25, 0.3) is 0 Å². The highest BCUT2D eigenvalue weighted by atomic mass is 35.5. The number of aliphatic hydroxyl groups excluding tert-OH is 2. The summed E-state index contributed by atoms with van der Waals surface area (Å²) in [6.07, 6.45) is 0.745. The van der Waals surface area contributed by atoms with Crippen molar-refractivity contribution in [3.8, 4) is 11.3 Å². The van der Waals surface area contributed by atoms with E-state index in [0.717, 1.165) is 40.8 Å². The lowest BCUT2D eigenvalue weighted by atomic mass is 9.95. The Morgan fingerprint density at radius 1 is 1.12 bits per heavy atom. The molecule has 3 aromatic rings. The molecule has 2 aromatic heterocycles. The van der Waals surface area contributed by atoms with Crippen LogP contribution in [0.15, 0.2) is 36.4 Å². The van der Waals surface area contributed by atoms with Crippen LogP contribution in [0.25, 0.3) is 22.3 Å². The number of ether oxygens (including phenoxy) is 3. The Kier molecular flexibility index (Phi) is 5.02. The first-order chi connectivity index (χ1) is 15.6. The van der Waals surface area contributed by atoms with Crippen LogP contribution in [-0.2, 0) is 26.2 Å². The highest BCUT2D eigenvalue weighted by molar-refractivity contribution is 6.33. The Balaban J connectivity index is 1.20. The van der Waals surface area contributed by atoms with Crippen LogP contribution in [0.2, 0.25) is 5.02 Å². The second kappa shape index (κ2) is 7.80. The lowest BCUT2D eigenvalue weighted by Gasteiger charge is -2.16. The van der Waals surface area contributed by atoms with Gasteiger partial charge in [0, 0.05) is 16.7 Å². The predicted molar refractivity (Wildman–Crippen MR) is 119 cm³/mol. The van der Waals surface area contributed by atoms with Gasteiger partial charge in [0.2, 0.25) is 0 Å². The van der Waals surface area contributed by atoms with E-state index in [2.05, 4.69) is 17.1 Å². The molecule has 0 bridgehead atoms. The molecule has 0 spiro atoms. The number of pyridine rings is 1. The zero-order valence-electron chi connectivity index (χ0n) is 17.5. The van der Waals surface area contributed by atoms with Crippen LogP contribution in [-0.4, -0.2) is 64.4 Å². The Hall–Kier alpha value is -2.00. The van der Waals surface area contributed by atoms with E-state index in [-0.39, 0.29) is 36.9 Å². The normalized spacial score (nSPS) is 28.3. The molecular weight excluding hydrogens is 432 g/mol.